The summed E-state index contributed by atoms with van der Waals surface area (Å²) in [7, 11) is 0. The normalized spacial score (nSPS) is 37.3. The summed E-state index contributed by atoms with van der Waals surface area (Å²) in [5.41, 5.74) is -1.22. The maximum absolute atomic E-state index is 14.1. The minimum absolute atomic E-state index is 0.0208. The summed E-state index contributed by atoms with van der Waals surface area (Å²) in [4.78, 5) is 28.1. The van der Waals surface area contributed by atoms with Gasteiger partial charge in [0.25, 0.3) is 0 Å². The maximum atomic E-state index is 14.1. The van der Waals surface area contributed by atoms with E-state index < -0.39 is 28.1 Å². The van der Waals surface area contributed by atoms with Gasteiger partial charge in [-0.1, -0.05) is 31.6 Å². The van der Waals surface area contributed by atoms with E-state index >= 15 is 0 Å². The number of hydrogen-bond acceptors (Lipinski definition) is 6. The van der Waals surface area contributed by atoms with Gasteiger partial charge < -0.3 is 19.3 Å². The van der Waals surface area contributed by atoms with E-state index in [-0.39, 0.29) is 34.9 Å². The van der Waals surface area contributed by atoms with Crippen molar-refractivity contribution in [2.24, 2.45) is 11.8 Å². The number of fused-ring (bicyclic) bond motifs is 3. The van der Waals surface area contributed by atoms with Crippen LogP contribution in [0.15, 0.2) is 29.4 Å². The first-order chi connectivity index (χ1) is 15.8. The zero-order valence-electron chi connectivity index (χ0n) is 20.9. The van der Waals surface area contributed by atoms with E-state index in [2.05, 4.69) is 13.8 Å². The monoisotopic (exact) mass is 464 g/mol. The van der Waals surface area contributed by atoms with Gasteiger partial charge in [0.2, 0.25) is 0 Å². The van der Waals surface area contributed by atoms with Crippen LogP contribution in [0, 0.1) is 11.8 Å². The third-order valence-electron chi connectivity index (χ3n) is 9.08. The molecule has 4 bridgehead atoms. The summed E-state index contributed by atoms with van der Waals surface area (Å²) < 4.78 is 19.8. The highest BCUT2D eigenvalue weighted by Gasteiger charge is 2.81. The molecule has 3 aliphatic heterocycles. The van der Waals surface area contributed by atoms with Crippen LogP contribution < -0.4 is 9.47 Å². The summed E-state index contributed by atoms with van der Waals surface area (Å²) >= 11 is 0. The number of carbonyl (C=O) groups is 2. The second-order valence-corrected chi connectivity index (χ2v) is 12.0. The van der Waals surface area contributed by atoms with Crippen LogP contribution in [0.1, 0.15) is 77.2 Å². The third-order valence-corrected chi connectivity index (χ3v) is 9.08. The van der Waals surface area contributed by atoms with Gasteiger partial charge in [0.1, 0.15) is 28.9 Å². The van der Waals surface area contributed by atoms with E-state index in [0.29, 0.717) is 29.9 Å². The van der Waals surface area contributed by atoms with Crippen LogP contribution in [0.5, 0.6) is 17.2 Å². The first-order valence-corrected chi connectivity index (χ1v) is 12.2. The number of phenolic OH excluding ortho intramolecular Hbond substituents is 1. The fraction of sp³-hybridized carbons (Fsp3) is 0.571. The van der Waals surface area contributed by atoms with Crippen molar-refractivity contribution in [1.82, 2.24) is 0 Å². The van der Waals surface area contributed by atoms with Crippen LogP contribution >= 0.6 is 0 Å². The summed E-state index contributed by atoms with van der Waals surface area (Å²) in [5, 5.41) is 10.9. The van der Waals surface area contributed by atoms with Gasteiger partial charge in [0.15, 0.2) is 22.8 Å². The molecule has 6 heteroatoms. The van der Waals surface area contributed by atoms with Crippen molar-refractivity contribution in [2.75, 3.05) is 0 Å². The molecule has 1 aromatic carbocycles. The third kappa shape index (κ3) is 2.22. The molecule has 1 saturated carbocycles. The smallest absolute Gasteiger partial charge is 0.200 e. The molecular weight excluding hydrogens is 432 g/mol. The van der Waals surface area contributed by atoms with Gasteiger partial charge >= 0.3 is 0 Å². The molecule has 1 unspecified atom stereocenters. The van der Waals surface area contributed by atoms with Crippen LogP contribution in [0.2, 0.25) is 0 Å². The number of rotatable bonds is 2. The molecule has 1 saturated heterocycles. The Morgan fingerprint density at radius 3 is 2.59 bits per heavy atom. The lowest BCUT2D eigenvalue weighted by molar-refractivity contribution is -0.171. The Hall–Kier alpha value is -2.60. The van der Waals surface area contributed by atoms with Crippen LogP contribution in [0.25, 0.3) is 0 Å². The highest BCUT2D eigenvalue weighted by Crippen LogP contribution is 2.69. The lowest BCUT2D eigenvalue weighted by atomic mass is 9.51. The first kappa shape index (κ1) is 21.9. The van der Waals surface area contributed by atoms with E-state index in [4.69, 9.17) is 14.2 Å². The van der Waals surface area contributed by atoms with E-state index in [0.717, 1.165) is 11.1 Å². The number of aromatic hydroxyl groups is 1. The van der Waals surface area contributed by atoms with Crippen LogP contribution in [0.3, 0.4) is 0 Å². The molecular formula is C28H32O6. The van der Waals surface area contributed by atoms with E-state index in [1.54, 1.807) is 6.08 Å². The van der Waals surface area contributed by atoms with Gasteiger partial charge in [-0.15, -0.1) is 0 Å². The van der Waals surface area contributed by atoms with Gasteiger partial charge in [0, 0.05) is 40.9 Å². The average Bonchev–Trinajstić information content (AvgIpc) is 3.05. The molecule has 1 N–H and O–H groups in total. The minimum Gasteiger partial charge on any atom is -0.507 e. The van der Waals surface area contributed by atoms with Crippen molar-refractivity contribution in [3.05, 3.63) is 40.5 Å². The molecule has 180 valence electrons. The molecule has 2 fully saturated rings. The van der Waals surface area contributed by atoms with Crippen LogP contribution in [0.4, 0.5) is 0 Å². The second-order valence-electron chi connectivity index (χ2n) is 12.0. The largest absolute Gasteiger partial charge is 0.507 e. The number of ketones is 2. The number of hydrogen-bond donors (Lipinski definition) is 1. The Bertz CT molecular complexity index is 1250. The molecule has 3 aliphatic carbocycles. The molecule has 1 aromatic rings. The molecule has 0 aromatic heterocycles. The van der Waals surface area contributed by atoms with Gasteiger partial charge in [0.05, 0.1) is 5.60 Å². The highest BCUT2D eigenvalue weighted by molar-refractivity contribution is 6.18. The fourth-order valence-electron chi connectivity index (χ4n) is 7.16. The van der Waals surface area contributed by atoms with Crippen molar-refractivity contribution >= 4 is 11.6 Å². The van der Waals surface area contributed by atoms with Crippen LogP contribution in [-0.2, 0) is 14.9 Å². The Labute approximate surface area is 200 Å². The summed E-state index contributed by atoms with van der Waals surface area (Å²) in [5.74, 6) is -0.182. The van der Waals surface area contributed by atoms with Gasteiger partial charge in [-0.05, 0) is 41.0 Å². The Morgan fingerprint density at radius 1 is 1.21 bits per heavy atom. The molecule has 6 aliphatic rings. The van der Waals surface area contributed by atoms with Gasteiger partial charge in [-0.25, -0.2) is 0 Å². The lowest BCUT2D eigenvalue weighted by Crippen LogP contribution is -2.72. The zero-order valence-corrected chi connectivity index (χ0v) is 20.9. The fourth-order valence-corrected chi connectivity index (χ4v) is 7.16. The number of allylic oxidation sites excluding steroid dienone is 2. The van der Waals surface area contributed by atoms with Crippen molar-refractivity contribution in [1.29, 1.82) is 0 Å². The van der Waals surface area contributed by atoms with Gasteiger partial charge in [-0.3, -0.25) is 9.59 Å². The Balaban J connectivity index is 1.68. The van der Waals surface area contributed by atoms with Crippen LogP contribution in [-0.4, -0.2) is 39.6 Å². The average molecular weight is 465 g/mol. The number of carbonyl (C=O) groups excluding carboxylic acids is 2. The zero-order chi connectivity index (χ0) is 24.6. The van der Waals surface area contributed by atoms with E-state index in [9.17, 15) is 14.7 Å². The predicted octanol–water partition coefficient (Wildman–Crippen LogP) is 4.81. The van der Waals surface area contributed by atoms with E-state index in [1.807, 2.05) is 40.7 Å². The molecule has 5 atom stereocenters. The number of phenols is 1. The van der Waals surface area contributed by atoms with E-state index in [1.165, 1.54) is 6.07 Å². The van der Waals surface area contributed by atoms with Crippen molar-refractivity contribution in [2.45, 2.75) is 89.6 Å². The number of benzene rings is 1. The van der Waals surface area contributed by atoms with Crippen molar-refractivity contribution in [3.8, 4) is 17.2 Å². The SMILES string of the molecule is CC(C)=CC[C@@]12OC(C)(C)C3C[C@H](C=C4C(=O)c5c(O)cc6c(c5O[C@]431)C(C)(C)[C@H](C)O6)C2=O. The summed E-state index contributed by atoms with van der Waals surface area (Å²) in [6.07, 6.45) is 4.53. The van der Waals surface area contributed by atoms with Gasteiger partial charge in [-0.2, -0.15) is 0 Å². The minimum atomic E-state index is -1.30. The topological polar surface area (TPSA) is 82.1 Å². The number of ether oxygens (including phenoxy) is 3. The molecule has 34 heavy (non-hydrogen) atoms. The number of Topliss-reactive ketones (excluding diaryl/α,β-unsaturated/α-hetero) is 2. The maximum Gasteiger partial charge on any atom is 0.200 e. The standard InChI is InChI=1S/C28H32O6/c1-13(2)8-9-27-24(31)15-10-16-22(30)20-17(29)12-18-21(25(4,5)14(3)32-18)23(20)33-28(16,27)19(11-15)26(6,7)34-27/h8,10,12,14-15,19,29H,9,11H2,1-7H3/t14-,15-,19?,27-,28+/m0/s1. The molecule has 7 rings (SSSR count). The molecule has 0 radical (unpaired) electrons. The molecule has 1 spiro atoms. The quantitative estimate of drug-likeness (QED) is 0.633. The Morgan fingerprint density at radius 2 is 1.91 bits per heavy atom. The molecule has 0 amide bonds. The van der Waals surface area contributed by atoms with Crippen molar-refractivity contribution in [3.63, 3.8) is 0 Å². The predicted molar refractivity (Wildman–Crippen MR) is 126 cm³/mol. The highest BCUT2D eigenvalue weighted by atomic mass is 16.6. The van der Waals surface area contributed by atoms with Crippen molar-refractivity contribution < 1.29 is 28.9 Å². The Kier molecular flexibility index (Phi) is 3.96. The summed E-state index contributed by atoms with van der Waals surface area (Å²) in [6, 6.07) is 1.53. The molecule has 3 heterocycles. The second kappa shape index (κ2) is 6.14. The summed E-state index contributed by atoms with van der Waals surface area (Å²) in [6.45, 7) is 14.0. The molecule has 6 nitrogen and oxygen atoms in total. The lowest BCUT2D eigenvalue weighted by Gasteiger charge is -2.56. The first-order valence-electron chi connectivity index (χ1n) is 12.2.